The van der Waals surface area contributed by atoms with Gasteiger partial charge in [0.15, 0.2) is 6.10 Å². The van der Waals surface area contributed by atoms with Gasteiger partial charge in [-0.3, -0.25) is 4.79 Å². The molecule has 4 rings (SSSR count). The summed E-state index contributed by atoms with van der Waals surface area (Å²) in [7, 11) is 1.54. The molecule has 0 spiro atoms. The van der Waals surface area contributed by atoms with Crippen LogP contribution in [0.25, 0.3) is 21.8 Å². The number of benzene rings is 3. The first kappa shape index (κ1) is 21.2. The second kappa shape index (κ2) is 8.63. The van der Waals surface area contributed by atoms with Gasteiger partial charge in [-0.2, -0.15) is 0 Å². The molecule has 1 atom stereocenters. The highest BCUT2D eigenvalue weighted by molar-refractivity contribution is 6.20. The average molecular weight is 432 g/mol. The number of aromatic nitrogens is 1. The van der Waals surface area contributed by atoms with E-state index in [0.717, 1.165) is 16.6 Å². The normalized spacial score (nSPS) is 12.1. The summed E-state index contributed by atoms with van der Waals surface area (Å²) in [5.41, 5.74) is 8.67. The van der Waals surface area contributed by atoms with Gasteiger partial charge in [-0.1, -0.05) is 43.3 Å². The van der Waals surface area contributed by atoms with Crippen LogP contribution in [0.4, 0.5) is 0 Å². The minimum atomic E-state index is -1.06. The van der Waals surface area contributed by atoms with Gasteiger partial charge in [-0.15, -0.1) is 0 Å². The molecule has 164 valence electrons. The summed E-state index contributed by atoms with van der Waals surface area (Å²) in [6.45, 7) is 2.27. The number of nitrogens with zero attached hydrogens (tertiary/aromatic N) is 1. The fourth-order valence-electron chi connectivity index (χ4n) is 4.01. The van der Waals surface area contributed by atoms with Crippen molar-refractivity contribution < 1.29 is 24.2 Å². The highest BCUT2D eigenvalue weighted by Gasteiger charge is 2.24. The van der Waals surface area contributed by atoms with E-state index in [1.54, 1.807) is 32.2 Å². The second-order valence-electron chi connectivity index (χ2n) is 7.51. The quantitative estimate of drug-likeness (QED) is 0.434. The van der Waals surface area contributed by atoms with Gasteiger partial charge in [0.25, 0.3) is 0 Å². The molecule has 32 heavy (non-hydrogen) atoms. The van der Waals surface area contributed by atoms with Gasteiger partial charge in [0.2, 0.25) is 5.91 Å². The fraction of sp³-hybridized carbons (Fsp3) is 0.200. The standard InChI is InChI=1S/C25H24N2O5/c1-3-20(25(29)30)32-21-13-16(31-2)12-19-23(21)22-17(24(26)28)10-7-11-18(22)27(19)14-15-8-5-4-6-9-15/h4-13,20H,3,14H2,1-2H3,(H2,26,28)(H,29,30). The summed E-state index contributed by atoms with van der Waals surface area (Å²) >= 11 is 0. The van der Waals surface area contributed by atoms with Gasteiger partial charge in [0.1, 0.15) is 11.5 Å². The van der Waals surface area contributed by atoms with Crippen molar-refractivity contribution in [1.29, 1.82) is 0 Å². The van der Waals surface area contributed by atoms with E-state index in [4.69, 9.17) is 15.2 Å². The number of carbonyl (C=O) groups excluding carboxylic acids is 1. The third-order valence-electron chi connectivity index (χ3n) is 5.53. The van der Waals surface area contributed by atoms with E-state index >= 15 is 0 Å². The molecule has 0 saturated carbocycles. The first-order valence-corrected chi connectivity index (χ1v) is 10.3. The zero-order valence-electron chi connectivity index (χ0n) is 17.9. The van der Waals surface area contributed by atoms with Gasteiger partial charge >= 0.3 is 5.97 Å². The van der Waals surface area contributed by atoms with E-state index in [0.29, 0.717) is 34.4 Å². The Bertz CT molecular complexity index is 1310. The molecule has 1 heterocycles. The van der Waals surface area contributed by atoms with E-state index < -0.39 is 18.0 Å². The number of aliphatic carboxylic acids is 1. The zero-order chi connectivity index (χ0) is 22.8. The van der Waals surface area contributed by atoms with Crippen LogP contribution >= 0.6 is 0 Å². The van der Waals surface area contributed by atoms with Crippen LogP contribution in [-0.4, -0.2) is 34.8 Å². The molecule has 3 aromatic carbocycles. The maximum absolute atomic E-state index is 12.3. The van der Waals surface area contributed by atoms with Crippen molar-refractivity contribution in [2.24, 2.45) is 5.73 Å². The molecule has 3 N–H and O–H groups in total. The van der Waals surface area contributed by atoms with Crippen molar-refractivity contribution in [2.45, 2.75) is 26.0 Å². The lowest BCUT2D eigenvalue weighted by molar-refractivity contribution is -0.145. The molecule has 0 fully saturated rings. The van der Waals surface area contributed by atoms with E-state index in [1.165, 1.54) is 0 Å². The summed E-state index contributed by atoms with van der Waals surface area (Å²) in [6, 6.07) is 18.8. The highest BCUT2D eigenvalue weighted by Crippen LogP contribution is 2.41. The number of hydrogen-bond donors (Lipinski definition) is 2. The molecule has 0 radical (unpaired) electrons. The smallest absolute Gasteiger partial charge is 0.344 e. The van der Waals surface area contributed by atoms with E-state index in [1.807, 2.05) is 42.5 Å². The predicted molar refractivity (Wildman–Crippen MR) is 122 cm³/mol. The van der Waals surface area contributed by atoms with Crippen LogP contribution in [0, 0.1) is 0 Å². The number of fused-ring (bicyclic) bond motifs is 3. The van der Waals surface area contributed by atoms with Crippen LogP contribution in [0.1, 0.15) is 29.3 Å². The number of ether oxygens (including phenoxy) is 2. The van der Waals surface area contributed by atoms with Crippen molar-refractivity contribution in [3.8, 4) is 11.5 Å². The van der Waals surface area contributed by atoms with Crippen LogP contribution in [0.5, 0.6) is 11.5 Å². The summed E-state index contributed by atoms with van der Waals surface area (Å²) in [5.74, 6) is -0.780. The third-order valence-corrected chi connectivity index (χ3v) is 5.53. The van der Waals surface area contributed by atoms with Crippen molar-refractivity contribution in [2.75, 3.05) is 7.11 Å². The Labute approximate surface area is 185 Å². The average Bonchev–Trinajstić information content (AvgIpc) is 3.11. The summed E-state index contributed by atoms with van der Waals surface area (Å²) in [5, 5.41) is 10.8. The number of hydrogen-bond acceptors (Lipinski definition) is 4. The molecule has 0 aliphatic rings. The fourth-order valence-corrected chi connectivity index (χ4v) is 4.01. The molecule has 1 aromatic heterocycles. The first-order chi connectivity index (χ1) is 15.4. The maximum Gasteiger partial charge on any atom is 0.344 e. The number of amides is 1. The Kier molecular flexibility index (Phi) is 5.73. The Balaban J connectivity index is 2.08. The highest BCUT2D eigenvalue weighted by atomic mass is 16.5. The number of methoxy groups -OCH3 is 1. The van der Waals surface area contributed by atoms with Gasteiger partial charge in [0.05, 0.1) is 23.5 Å². The molecule has 0 bridgehead atoms. The summed E-state index contributed by atoms with van der Waals surface area (Å²) in [6.07, 6.45) is -0.766. The van der Waals surface area contributed by atoms with Crippen LogP contribution in [0.15, 0.2) is 60.7 Å². The lowest BCUT2D eigenvalue weighted by Gasteiger charge is -2.16. The molecule has 7 heteroatoms. The maximum atomic E-state index is 12.3. The monoisotopic (exact) mass is 432 g/mol. The Hall–Kier alpha value is -4.00. The van der Waals surface area contributed by atoms with Crippen molar-refractivity contribution in [3.05, 3.63) is 71.8 Å². The van der Waals surface area contributed by atoms with Crippen LogP contribution in [-0.2, 0) is 11.3 Å². The Morgan fingerprint density at radius 3 is 2.41 bits per heavy atom. The molecule has 0 aliphatic heterocycles. The lowest BCUT2D eigenvalue weighted by Crippen LogP contribution is -2.26. The molecular formula is C25H24N2O5. The number of carboxylic acids is 1. The van der Waals surface area contributed by atoms with Crippen molar-refractivity contribution in [1.82, 2.24) is 4.57 Å². The molecule has 4 aromatic rings. The number of carbonyl (C=O) groups is 2. The number of primary amides is 1. The summed E-state index contributed by atoms with van der Waals surface area (Å²) in [4.78, 5) is 24.0. The molecule has 1 amide bonds. The van der Waals surface area contributed by atoms with Crippen LogP contribution in [0.3, 0.4) is 0 Å². The number of carboxylic acid groups (broad SMARTS) is 1. The third kappa shape index (κ3) is 3.73. The van der Waals surface area contributed by atoms with Gasteiger partial charge in [-0.05, 0) is 24.1 Å². The molecule has 1 unspecified atom stereocenters. The summed E-state index contributed by atoms with van der Waals surface area (Å²) < 4.78 is 13.5. The van der Waals surface area contributed by atoms with Gasteiger partial charge in [0, 0.05) is 29.6 Å². The Morgan fingerprint density at radius 2 is 1.78 bits per heavy atom. The second-order valence-corrected chi connectivity index (χ2v) is 7.51. The van der Waals surface area contributed by atoms with Crippen molar-refractivity contribution >= 4 is 33.7 Å². The number of nitrogens with two attached hydrogens (primary N) is 1. The minimum absolute atomic E-state index is 0.277. The SMILES string of the molecule is CCC(Oc1cc(OC)cc2c1c1c(C(N)=O)cccc1n2Cc1ccccc1)C(=O)O. The van der Waals surface area contributed by atoms with Crippen LogP contribution in [0.2, 0.25) is 0 Å². The van der Waals surface area contributed by atoms with Gasteiger partial charge in [-0.25, -0.2) is 4.79 Å². The Morgan fingerprint density at radius 1 is 1.03 bits per heavy atom. The zero-order valence-corrected chi connectivity index (χ0v) is 17.9. The predicted octanol–water partition coefficient (Wildman–Crippen LogP) is 4.19. The van der Waals surface area contributed by atoms with Crippen LogP contribution < -0.4 is 15.2 Å². The van der Waals surface area contributed by atoms with E-state index in [2.05, 4.69) is 4.57 Å². The number of rotatable bonds is 8. The topological polar surface area (TPSA) is 104 Å². The minimum Gasteiger partial charge on any atom is -0.497 e. The van der Waals surface area contributed by atoms with E-state index in [-0.39, 0.29) is 6.42 Å². The van der Waals surface area contributed by atoms with Crippen molar-refractivity contribution in [3.63, 3.8) is 0 Å². The molecule has 0 saturated heterocycles. The molecule has 7 nitrogen and oxygen atoms in total. The molecule has 0 aliphatic carbocycles. The molecular weight excluding hydrogens is 408 g/mol. The largest absolute Gasteiger partial charge is 0.497 e. The first-order valence-electron chi connectivity index (χ1n) is 10.3. The van der Waals surface area contributed by atoms with E-state index in [9.17, 15) is 14.7 Å². The lowest BCUT2D eigenvalue weighted by atomic mass is 10.0. The van der Waals surface area contributed by atoms with Gasteiger partial charge < -0.3 is 24.9 Å².